The molecule has 1 aliphatic rings. The van der Waals surface area contributed by atoms with Crippen LogP contribution in [0, 0.1) is 20.2 Å². The van der Waals surface area contributed by atoms with Gasteiger partial charge in [-0.05, 0) is 35.9 Å². The lowest BCUT2D eigenvalue weighted by atomic mass is 10.1. The van der Waals surface area contributed by atoms with Crippen LogP contribution in [0.25, 0.3) is 5.69 Å². The van der Waals surface area contributed by atoms with Crippen molar-refractivity contribution in [2.45, 2.75) is 18.9 Å². The molecule has 0 radical (unpaired) electrons. The Morgan fingerprint density at radius 2 is 1.89 bits per heavy atom. The summed E-state index contributed by atoms with van der Waals surface area (Å²) >= 11 is 5.17. The monoisotopic (exact) mass is 617 g/mol. The van der Waals surface area contributed by atoms with Crippen LogP contribution in [0.15, 0.2) is 90.9 Å². The van der Waals surface area contributed by atoms with Crippen LogP contribution in [0.4, 0.5) is 11.4 Å². The number of aromatic nitrogens is 2. The molecule has 0 saturated heterocycles. The Morgan fingerprint density at radius 1 is 1.11 bits per heavy atom. The molecule has 4 rings (SSSR count). The van der Waals surface area contributed by atoms with Gasteiger partial charge in [0, 0.05) is 41.7 Å². The van der Waals surface area contributed by atoms with E-state index in [4.69, 9.17) is 12.2 Å². The first-order valence-corrected chi connectivity index (χ1v) is 13.2. The van der Waals surface area contributed by atoms with Crippen LogP contribution in [0.2, 0.25) is 0 Å². The van der Waals surface area contributed by atoms with Crippen molar-refractivity contribution in [1.82, 2.24) is 25.7 Å². The van der Waals surface area contributed by atoms with Gasteiger partial charge in [-0.15, -0.1) is 0 Å². The molecule has 0 aliphatic heterocycles. The van der Waals surface area contributed by atoms with E-state index < -0.39 is 45.0 Å². The maximum Gasteiger partial charge on any atom is 0.300 e. The average molecular weight is 618 g/mol. The fraction of sp³-hybridized carbons (Fsp3) is 0.107. The summed E-state index contributed by atoms with van der Waals surface area (Å²) in [5.41, 5.74) is 3.97. The lowest BCUT2D eigenvalue weighted by molar-refractivity contribution is -0.394. The molecule has 3 aromatic rings. The van der Waals surface area contributed by atoms with Crippen molar-refractivity contribution < 1.29 is 29.3 Å². The molecule has 1 heterocycles. The van der Waals surface area contributed by atoms with E-state index in [1.807, 2.05) is 6.08 Å². The number of phenolic OH excluding ortho intramolecular Hbond substituents is 1. The minimum atomic E-state index is -1.36. The van der Waals surface area contributed by atoms with Gasteiger partial charge in [0.15, 0.2) is 0 Å². The molecule has 15 nitrogen and oxygen atoms in total. The number of aromatic hydroxyl groups is 1. The Balaban J connectivity index is 1.60. The second-order valence-corrected chi connectivity index (χ2v) is 9.74. The molecule has 0 fully saturated rings. The van der Waals surface area contributed by atoms with Crippen molar-refractivity contribution in [3.8, 4) is 11.4 Å². The Kier molecular flexibility index (Phi) is 9.67. The second kappa shape index (κ2) is 13.8. The molecule has 3 amide bonds. The van der Waals surface area contributed by atoms with E-state index in [9.17, 15) is 39.7 Å². The number of carbonyl (C=O) groups excluding carboxylic acids is 3. The van der Waals surface area contributed by atoms with Crippen LogP contribution < -0.4 is 16.2 Å². The van der Waals surface area contributed by atoms with Crippen molar-refractivity contribution >= 4 is 46.2 Å². The van der Waals surface area contributed by atoms with E-state index in [-0.39, 0.29) is 29.1 Å². The summed E-state index contributed by atoms with van der Waals surface area (Å²) in [5, 5.41) is 35.4. The van der Waals surface area contributed by atoms with Gasteiger partial charge in [-0.3, -0.25) is 50.0 Å². The van der Waals surface area contributed by atoms with Gasteiger partial charge in [0.1, 0.15) is 17.5 Å². The first kappa shape index (κ1) is 30.9. The first-order valence-electron chi connectivity index (χ1n) is 12.8. The summed E-state index contributed by atoms with van der Waals surface area (Å²) in [6, 6.07) is 7.32. The van der Waals surface area contributed by atoms with Crippen molar-refractivity contribution in [3.05, 3.63) is 122 Å². The van der Waals surface area contributed by atoms with E-state index >= 15 is 0 Å². The third kappa shape index (κ3) is 7.62. The predicted octanol–water partition coefficient (Wildman–Crippen LogP) is 2.70. The fourth-order valence-corrected chi connectivity index (χ4v) is 4.35. The van der Waals surface area contributed by atoms with Gasteiger partial charge in [0.2, 0.25) is 5.91 Å². The van der Waals surface area contributed by atoms with Crippen LogP contribution in [0.1, 0.15) is 22.5 Å². The summed E-state index contributed by atoms with van der Waals surface area (Å²) in [6.07, 6.45) is 10.8. The van der Waals surface area contributed by atoms with Crippen molar-refractivity contribution in [2.75, 3.05) is 0 Å². The Hall–Kier alpha value is -6.03. The van der Waals surface area contributed by atoms with Gasteiger partial charge in [-0.25, -0.2) is 4.98 Å². The maximum absolute atomic E-state index is 13.2. The number of rotatable bonds is 10. The molecule has 0 saturated carbocycles. The minimum Gasteiger partial charge on any atom is -0.507 e. The molecule has 0 spiro atoms. The third-order valence-electron chi connectivity index (χ3n) is 6.22. The van der Waals surface area contributed by atoms with Gasteiger partial charge in [-0.1, -0.05) is 36.5 Å². The molecule has 44 heavy (non-hydrogen) atoms. The van der Waals surface area contributed by atoms with Gasteiger partial charge in [-0.2, -0.15) is 0 Å². The molecule has 0 unspecified atom stereocenters. The van der Waals surface area contributed by atoms with Crippen molar-refractivity contribution in [1.29, 1.82) is 0 Å². The lowest BCUT2D eigenvalue weighted by Crippen LogP contribution is -2.53. The van der Waals surface area contributed by atoms with Crippen LogP contribution in [0.5, 0.6) is 5.75 Å². The Bertz CT molecular complexity index is 1760. The summed E-state index contributed by atoms with van der Waals surface area (Å²) in [4.78, 5) is 64.6. The number of amides is 3. The molecule has 1 aliphatic carbocycles. The number of carbonyl (C=O) groups is 3. The molecular weight excluding hydrogens is 594 g/mol. The molecule has 1 aromatic heterocycles. The number of non-ortho nitro benzene ring substituents is 1. The summed E-state index contributed by atoms with van der Waals surface area (Å²) in [5.74, 6) is -2.72. The number of thiocarbonyl (C=S) groups is 1. The van der Waals surface area contributed by atoms with E-state index in [0.29, 0.717) is 16.9 Å². The fourth-order valence-electron chi connectivity index (χ4n) is 4.12. The number of imidazole rings is 1. The topological polar surface area (TPSA) is 212 Å². The molecular formula is C28H23N7O8S. The van der Waals surface area contributed by atoms with Crippen LogP contribution >= 0.6 is 12.2 Å². The lowest BCUT2D eigenvalue weighted by Gasteiger charge is -2.19. The number of hydrogen-bond donors (Lipinski definition) is 4. The molecule has 0 bridgehead atoms. The summed E-state index contributed by atoms with van der Waals surface area (Å²) < 4.78 is 1.25. The number of phenols is 1. The highest BCUT2D eigenvalue weighted by molar-refractivity contribution is 7.80. The van der Waals surface area contributed by atoms with Crippen molar-refractivity contribution in [3.63, 3.8) is 0 Å². The van der Waals surface area contributed by atoms with Crippen LogP contribution in [-0.2, 0) is 16.0 Å². The zero-order chi connectivity index (χ0) is 31.8. The zero-order valence-electron chi connectivity index (χ0n) is 22.6. The maximum atomic E-state index is 13.2. The average Bonchev–Trinajstić information content (AvgIpc) is 3.46. The highest BCUT2D eigenvalue weighted by Crippen LogP contribution is 2.29. The van der Waals surface area contributed by atoms with Gasteiger partial charge in [0.05, 0.1) is 27.8 Å². The standard InChI is InChI=1S/C28H23N7O8S/c36-25-7-2-1-6-21(25)27(38)31-32-28(39)22(30-26(37)11-8-17-4-3-5-20(44)12-17)13-19-15-29-16-33(19)23-10-9-18(34(40)41)14-24(23)35(42)43/h1-4,6-12,14-16,22,36H,5,13H2,(H,30,37)(H,31,38)(H,32,39)/b11-8+/t22-/m0/s1. The van der Waals surface area contributed by atoms with E-state index in [1.54, 1.807) is 12.2 Å². The SMILES string of the molecule is O=C(/C=C/C1=CC(=S)CC=C1)N[C@@H](Cc1cncn1-c1ccc([N+](=O)[O-])cc1[N+](=O)[O-])C(=O)NNC(=O)c1ccccc1O. The normalized spacial score (nSPS) is 13.2. The molecule has 16 heteroatoms. The van der Waals surface area contributed by atoms with Crippen LogP contribution in [-0.4, -0.2) is 53.1 Å². The molecule has 2 aromatic carbocycles. The highest BCUT2D eigenvalue weighted by atomic mass is 32.1. The molecule has 1 atom stereocenters. The largest absolute Gasteiger partial charge is 0.507 e. The molecule has 4 N–H and O–H groups in total. The summed E-state index contributed by atoms with van der Waals surface area (Å²) in [7, 11) is 0. The Labute approximate surface area is 253 Å². The number of nitrogens with zero attached hydrogens (tertiary/aromatic N) is 4. The van der Waals surface area contributed by atoms with E-state index in [1.165, 1.54) is 59.6 Å². The number of nitro groups is 2. The van der Waals surface area contributed by atoms with Crippen LogP contribution in [0.3, 0.4) is 0 Å². The van der Waals surface area contributed by atoms with Gasteiger partial charge >= 0.3 is 0 Å². The third-order valence-corrected chi connectivity index (χ3v) is 6.50. The smallest absolute Gasteiger partial charge is 0.300 e. The number of hydrogen-bond acceptors (Lipinski definition) is 10. The van der Waals surface area contributed by atoms with E-state index in [0.717, 1.165) is 12.1 Å². The zero-order valence-corrected chi connectivity index (χ0v) is 23.4. The highest BCUT2D eigenvalue weighted by Gasteiger charge is 2.26. The van der Waals surface area contributed by atoms with E-state index in [2.05, 4.69) is 21.2 Å². The van der Waals surface area contributed by atoms with Gasteiger partial charge in [0.25, 0.3) is 23.2 Å². The van der Waals surface area contributed by atoms with Crippen molar-refractivity contribution in [2.24, 2.45) is 0 Å². The Morgan fingerprint density at radius 3 is 2.59 bits per heavy atom. The number of hydrazine groups is 1. The molecule has 224 valence electrons. The number of benzene rings is 2. The quantitative estimate of drug-likeness (QED) is 0.113. The number of para-hydroxylation sites is 1. The number of nitrogens with one attached hydrogen (secondary N) is 3. The first-order chi connectivity index (χ1) is 21.0. The minimum absolute atomic E-state index is 0.0710. The summed E-state index contributed by atoms with van der Waals surface area (Å²) in [6.45, 7) is 0. The predicted molar refractivity (Wildman–Crippen MR) is 160 cm³/mol. The number of nitro benzene ring substituents is 2. The van der Waals surface area contributed by atoms with Gasteiger partial charge < -0.3 is 10.4 Å². The number of allylic oxidation sites excluding steroid dienone is 5. The second-order valence-electron chi connectivity index (χ2n) is 9.22.